The Bertz CT molecular complexity index is 711. The van der Waals surface area contributed by atoms with Crippen LogP contribution in [0.3, 0.4) is 0 Å². The molecule has 0 saturated heterocycles. The average molecular weight is 402 g/mol. The zero-order valence-corrected chi connectivity index (χ0v) is 14.8. The molecule has 1 saturated carbocycles. The molecule has 1 aliphatic carbocycles. The Morgan fingerprint density at radius 1 is 0.750 bits per heavy atom. The molecule has 7 heteroatoms. The molecule has 1 nitrogen and oxygen atoms in total. The molecule has 0 aliphatic heterocycles. The molecular weight excluding hydrogens is 382 g/mol. The summed E-state index contributed by atoms with van der Waals surface area (Å²) in [4.78, 5) is 0. The summed E-state index contributed by atoms with van der Waals surface area (Å²) in [5.41, 5.74) is -2.96. The van der Waals surface area contributed by atoms with Gasteiger partial charge in [-0.3, -0.25) is 0 Å². The van der Waals surface area contributed by atoms with Gasteiger partial charge in [-0.25, -0.2) is 0 Å². The molecule has 1 aliphatic rings. The lowest BCUT2D eigenvalue weighted by Crippen LogP contribution is -2.51. The van der Waals surface area contributed by atoms with E-state index in [2.05, 4.69) is 0 Å². The minimum atomic E-state index is -4.95. The van der Waals surface area contributed by atoms with Gasteiger partial charge in [0.15, 0.2) is 0 Å². The lowest BCUT2D eigenvalue weighted by molar-refractivity contribution is -0.237. The average Bonchev–Trinajstić information content (AvgIpc) is 2.96. The van der Waals surface area contributed by atoms with E-state index in [1.807, 2.05) is 0 Å². The minimum Gasteiger partial charge on any atom is -0.392 e. The van der Waals surface area contributed by atoms with Crippen LogP contribution in [0.2, 0.25) is 0 Å². The molecule has 3 rings (SSSR count). The predicted molar refractivity (Wildman–Crippen MR) is 92.8 cm³/mol. The molecule has 0 heterocycles. The summed E-state index contributed by atoms with van der Waals surface area (Å²) in [5.74, 6) is -4.88. The number of aliphatic hydroxyl groups excluding tert-OH is 1. The summed E-state index contributed by atoms with van der Waals surface area (Å²) in [6.07, 6.45) is -12.0. The summed E-state index contributed by atoms with van der Waals surface area (Å²) in [6.45, 7) is 0. The Balaban J connectivity index is 2.30. The number of hydrogen-bond acceptors (Lipinski definition) is 1. The van der Waals surface area contributed by atoms with Gasteiger partial charge < -0.3 is 5.11 Å². The van der Waals surface area contributed by atoms with Gasteiger partial charge >= 0.3 is 12.4 Å². The van der Waals surface area contributed by atoms with Crippen LogP contribution in [0.15, 0.2) is 60.7 Å². The molecule has 0 radical (unpaired) electrons. The highest BCUT2D eigenvalue weighted by molar-refractivity contribution is 5.33. The largest absolute Gasteiger partial charge is 0.396 e. The highest BCUT2D eigenvalue weighted by Gasteiger charge is 2.67. The number of alkyl halides is 6. The highest BCUT2D eigenvalue weighted by Crippen LogP contribution is 2.65. The van der Waals surface area contributed by atoms with Crippen molar-refractivity contribution >= 4 is 0 Å². The van der Waals surface area contributed by atoms with Crippen molar-refractivity contribution in [3.8, 4) is 0 Å². The van der Waals surface area contributed by atoms with Crippen molar-refractivity contribution in [3.63, 3.8) is 0 Å². The van der Waals surface area contributed by atoms with E-state index in [-0.39, 0.29) is 30.4 Å². The van der Waals surface area contributed by atoms with Crippen LogP contribution < -0.4 is 0 Å². The number of benzene rings is 2. The van der Waals surface area contributed by atoms with Crippen molar-refractivity contribution in [2.24, 2.45) is 5.41 Å². The van der Waals surface area contributed by atoms with Crippen molar-refractivity contribution in [1.29, 1.82) is 0 Å². The van der Waals surface area contributed by atoms with Crippen LogP contribution >= 0.6 is 0 Å². The Morgan fingerprint density at radius 2 is 1.14 bits per heavy atom. The second-order valence-electron chi connectivity index (χ2n) is 7.29. The Labute approximate surface area is 159 Å². The molecule has 0 bridgehead atoms. The lowest BCUT2D eigenvalue weighted by atomic mass is 9.59. The van der Waals surface area contributed by atoms with Crippen LogP contribution in [0.25, 0.3) is 0 Å². The van der Waals surface area contributed by atoms with Crippen LogP contribution in [0.4, 0.5) is 26.3 Å². The monoisotopic (exact) mass is 402 g/mol. The predicted octanol–water partition coefficient (Wildman–Crippen LogP) is 6.21. The maximum Gasteiger partial charge on any atom is 0.396 e. The maximum atomic E-state index is 14.3. The maximum absolute atomic E-state index is 14.3. The normalized spacial score (nSPS) is 25.5. The lowest BCUT2D eigenvalue weighted by Gasteiger charge is -2.47. The summed E-state index contributed by atoms with van der Waals surface area (Å²) < 4.78 is 85.6. The molecular formula is C21H20F6O. The molecule has 3 unspecified atom stereocenters. The van der Waals surface area contributed by atoms with E-state index in [0.29, 0.717) is 0 Å². The van der Waals surface area contributed by atoms with Crippen LogP contribution in [-0.4, -0.2) is 23.6 Å². The summed E-state index contributed by atoms with van der Waals surface area (Å²) >= 11 is 0. The van der Waals surface area contributed by atoms with E-state index in [1.165, 1.54) is 60.7 Å². The first-order valence-corrected chi connectivity index (χ1v) is 9.00. The third-order valence-corrected chi connectivity index (χ3v) is 5.70. The standard InChI is InChI=1S/C21H20F6O/c22-20(23,24)17(14-8-3-1-4-9-14)19(13-7-12-16(19)28)18(21(25,26)27)15-10-5-2-6-11-15/h1-6,8-11,16-18,28H,7,12-13H2. The van der Waals surface area contributed by atoms with Crippen LogP contribution in [0.5, 0.6) is 0 Å². The van der Waals surface area contributed by atoms with Crippen molar-refractivity contribution in [1.82, 2.24) is 0 Å². The first kappa shape index (κ1) is 20.7. The molecule has 1 fully saturated rings. The van der Waals surface area contributed by atoms with E-state index >= 15 is 0 Å². The van der Waals surface area contributed by atoms with Gasteiger partial charge in [0.1, 0.15) is 0 Å². The van der Waals surface area contributed by atoms with E-state index in [0.717, 1.165) is 0 Å². The van der Waals surface area contributed by atoms with Crippen LogP contribution in [-0.2, 0) is 0 Å². The Morgan fingerprint density at radius 3 is 1.43 bits per heavy atom. The SMILES string of the molecule is OC1CCCC1(C(c1ccccc1)C(F)(F)F)C(c1ccccc1)C(F)(F)F. The van der Waals surface area contributed by atoms with Crippen molar-refractivity contribution in [2.75, 3.05) is 0 Å². The van der Waals surface area contributed by atoms with Gasteiger partial charge in [0.2, 0.25) is 0 Å². The van der Waals surface area contributed by atoms with Crippen molar-refractivity contribution in [2.45, 2.75) is 49.6 Å². The van der Waals surface area contributed by atoms with Gasteiger partial charge in [-0.15, -0.1) is 0 Å². The first-order valence-electron chi connectivity index (χ1n) is 9.00. The molecule has 3 atom stereocenters. The second kappa shape index (κ2) is 7.43. The minimum absolute atomic E-state index is 0.0972. The Kier molecular flexibility index (Phi) is 5.49. The number of halogens is 6. The van der Waals surface area contributed by atoms with Crippen LogP contribution in [0, 0.1) is 5.41 Å². The van der Waals surface area contributed by atoms with Crippen molar-refractivity contribution in [3.05, 3.63) is 71.8 Å². The molecule has 0 aromatic heterocycles. The fraction of sp³-hybridized carbons (Fsp3) is 0.429. The molecule has 0 amide bonds. The zero-order chi connectivity index (χ0) is 20.6. The first-order chi connectivity index (χ1) is 13.1. The fourth-order valence-corrected chi connectivity index (χ4v) is 4.78. The molecule has 0 spiro atoms. The number of hydrogen-bond donors (Lipinski definition) is 1. The van der Waals surface area contributed by atoms with E-state index in [9.17, 15) is 31.4 Å². The van der Waals surface area contributed by atoms with Gasteiger partial charge in [-0.05, 0) is 24.0 Å². The Hall–Kier alpha value is -2.02. The van der Waals surface area contributed by atoms with E-state index < -0.39 is 35.7 Å². The molecule has 2 aromatic rings. The smallest absolute Gasteiger partial charge is 0.392 e. The quantitative estimate of drug-likeness (QED) is 0.603. The third-order valence-electron chi connectivity index (χ3n) is 5.70. The third kappa shape index (κ3) is 3.64. The summed E-state index contributed by atoms with van der Waals surface area (Å²) in [7, 11) is 0. The van der Waals surface area contributed by atoms with Gasteiger partial charge in [-0.2, -0.15) is 26.3 Å². The molecule has 2 aromatic carbocycles. The molecule has 28 heavy (non-hydrogen) atoms. The van der Waals surface area contributed by atoms with Gasteiger partial charge in [0, 0.05) is 5.41 Å². The fourth-order valence-electron chi connectivity index (χ4n) is 4.78. The summed E-state index contributed by atoms with van der Waals surface area (Å²) in [5, 5.41) is 10.6. The van der Waals surface area contributed by atoms with Crippen molar-refractivity contribution < 1.29 is 31.4 Å². The van der Waals surface area contributed by atoms with Crippen LogP contribution in [0.1, 0.15) is 42.2 Å². The van der Waals surface area contributed by atoms with Gasteiger partial charge in [-0.1, -0.05) is 67.1 Å². The number of aliphatic hydroxyl groups is 1. The van der Waals surface area contributed by atoms with E-state index in [4.69, 9.17) is 0 Å². The second-order valence-corrected chi connectivity index (χ2v) is 7.29. The molecule has 1 N–H and O–H groups in total. The number of rotatable bonds is 4. The zero-order valence-electron chi connectivity index (χ0n) is 14.8. The van der Waals surface area contributed by atoms with Gasteiger partial charge in [0.05, 0.1) is 17.9 Å². The highest BCUT2D eigenvalue weighted by atomic mass is 19.4. The summed E-state index contributed by atoms with van der Waals surface area (Å²) in [6, 6.07) is 13.2. The van der Waals surface area contributed by atoms with E-state index in [1.54, 1.807) is 0 Å². The molecule has 152 valence electrons. The van der Waals surface area contributed by atoms with Gasteiger partial charge in [0.25, 0.3) is 0 Å². The topological polar surface area (TPSA) is 20.2 Å².